The highest BCUT2D eigenvalue weighted by atomic mass is 16.5. The highest BCUT2D eigenvalue weighted by molar-refractivity contribution is 5.98. The summed E-state index contributed by atoms with van der Waals surface area (Å²) in [7, 11) is 1.33. The number of hydrogen-bond acceptors (Lipinski definition) is 5. The summed E-state index contributed by atoms with van der Waals surface area (Å²) in [4.78, 5) is 28.9. The molecule has 1 aliphatic carbocycles. The van der Waals surface area contributed by atoms with Gasteiger partial charge >= 0.3 is 5.97 Å². The van der Waals surface area contributed by atoms with Gasteiger partial charge < -0.3 is 15.4 Å². The molecule has 0 unspecified atom stereocenters. The minimum absolute atomic E-state index is 0.127. The molecular weight excluding hydrogens is 378 g/mol. The van der Waals surface area contributed by atoms with Crippen LogP contribution in [0.5, 0.6) is 0 Å². The van der Waals surface area contributed by atoms with Gasteiger partial charge in [-0.1, -0.05) is 24.3 Å². The van der Waals surface area contributed by atoms with E-state index in [9.17, 15) is 9.59 Å². The lowest BCUT2D eigenvalue weighted by atomic mass is 9.91. The molecule has 2 N–H and O–H groups in total. The molecular formula is C24H25N3O3. The number of para-hydroxylation sites is 1. The second kappa shape index (κ2) is 8.95. The number of fused-ring (bicyclic) bond motifs is 1. The molecule has 3 aromatic rings. The van der Waals surface area contributed by atoms with Crippen molar-refractivity contribution in [2.24, 2.45) is 0 Å². The molecule has 1 aromatic heterocycles. The van der Waals surface area contributed by atoms with Crippen LogP contribution in [0.3, 0.4) is 0 Å². The van der Waals surface area contributed by atoms with Crippen molar-refractivity contribution in [3.63, 3.8) is 0 Å². The van der Waals surface area contributed by atoms with E-state index in [0.717, 1.165) is 42.4 Å². The van der Waals surface area contributed by atoms with Crippen LogP contribution in [0.2, 0.25) is 0 Å². The molecule has 6 nitrogen and oxygen atoms in total. The molecule has 0 saturated heterocycles. The number of nitrogens with one attached hydrogen (secondary N) is 2. The van der Waals surface area contributed by atoms with Crippen LogP contribution >= 0.6 is 0 Å². The van der Waals surface area contributed by atoms with Crippen molar-refractivity contribution in [2.45, 2.75) is 37.8 Å². The second-order valence-electron chi connectivity index (χ2n) is 7.63. The van der Waals surface area contributed by atoms with Crippen molar-refractivity contribution in [1.82, 2.24) is 10.3 Å². The first-order chi connectivity index (χ1) is 14.6. The third-order valence-corrected chi connectivity index (χ3v) is 5.56. The fraction of sp³-hybridized carbons (Fsp3) is 0.292. The number of carbonyl (C=O) groups is 2. The number of aromatic nitrogens is 1. The number of amides is 1. The van der Waals surface area contributed by atoms with Gasteiger partial charge in [0.05, 0.1) is 18.2 Å². The zero-order valence-corrected chi connectivity index (χ0v) is 16.9. The van der Waals surface area contributed by atoms with E-state index in [2.05, 4.69) is 27.8 Å². The third-order valence-electron chi connectivity index (χ3n) is 5.56. The molecule has 6 heteroatoms. The SMILES string of the molecule is COC(=O)c1cccc(C(=O)NC2CCC(Nc3ccc4ccccc4n3)CC2)c1. The highest BCUT2D eigenvalue weighted by Gasteiger charge is 2.23. The molecule has 154 valence electrons. The number of ether oxygens (including phenoxy) is 1. The fourth-order valence-corrected chi connectivity index (χ4v) is 3.91. The summed E-state index contributed by atoms with van der Waals surface area (Å²) in [5, 5.41) is 7.75. The fourth-order valence-electron chi connectivity index (χ4n) is 3.91. The van der Waals surface area contributed by atoms with Crippen LogP contribution in [0.4, 0.5) is 5.82 Å². The second-order valence-corrected chi connectivity index (χ2v) is 7.63. The molecule has 1 aliphatic rings. The Bertz CT molecular complexity index is 1060. The van der Waals surface area contributed by atoms with Gasteiger partial charge in [-0.15, -0.1) is 0 Å². The monoisotopic (exact) mass is 403 g/mol. The van der Waals surface area contributed by atoms with E-state index in [1.54, 1.807) is 24.3 Å². The Labute approximate surface area is 175 Å². The average Bonchev–Trinajstić information content (AvgIpc) is 2.80. The Morgan fingerprint density at radius 2 is 1.63 bits per heavy atom. The molecule has 0 spiro atoms. The summed E-state index contributed by atoms with van der Waals surface area (Å²) >= 11 is 0. The summed E-state index contributed by atoms with van der Waals surface area (Å²) in [6.07, 6.45) is 3.71. The van der Waals surface area contributed by atoms with Gasteiger partial charge in [0.25, 0.3) is 5.91 Å². The lowest BCUT2D eigenvalue weighted by molar-refractivity contribution is 0.0600. The van der Waals surface area contributed by atoms with Crippen LogP contribution in [0.1, 0.15) is 46.4 Å². The Morgan fingerprint density at radius 1 is 0.900 bits per heavy atom. The van der Waals surface area contributed by atoms with Crippen molar-refractivity contribution < 1.29 is 14.3 Å². The number of methoxy groups -OCH3 is 1. The van der Waals surface area contributed by atoms with E-state index in [-0.39, 0.29) is 11.9 Å². The average molecular weight is 403 g/mol. The molecule has 30 heavy (non-hydrogen) atoms. The molecule has 0 atom stereocenters. The van der Waals surface area contributed by atoms with Gasteiger partial charge in [-0.2, -0.15) is 0 Å². The van der Waals surface area contributed by atoms with Gasteiger partial charge in [0.2, 0.25) is 0 Å². The minimum Gasteiger partial charge on any atom is -0.465 e. The molecule has 0 radical (unpaired) electrons. The van der Waals surface area contributed by atoms with E-state index in [1.165, 1.54) is 7.11 Å². The summed E-state index contributed by atoms with van der Waals surface area (Å²) in [6.45, 7) is 0. The van der Waals surface area contributed by atoms with Crippen molar-refractivity contribution in [3.05, 3.63) is 71.8 Å². The number of esters is 1. The largest absolute Gasteiger partial charge is 0.465 e. The van der Waals surface area contributed by atoms with Crippen LogP contribution in [-0.4, -0.2) is 36.1 Å². The number of pyridine rings is 1. The summed E-state index contributed by atoms with van der Waals surface area (Å²) in [5.41, 5.74) is 1.83. The van der Waals surface area contributed by atoms with Gasteiger partial charge in [-0.3, -0.25) is 4.79 Å². The number of carbonyl (C=O) groups excluding carboxylic acids is 2. The van der Waals surface area contributed by atoms with E-state index in [4.69, 9.17) is 4.74 Å². The number of benzene rings is 2. The smallest absolute Gasteiger partial charge is 0.337 e. The summed E-state index contributed by atoms with van der Waals surface area (Å²) < 4.78 is 4.72. The zero-order chi connectivity index (χ0) is 20.9. The molecule has 1 amide bonds. The lowest BCUT2D eigenvalue weighted by Crippen LogP contribution is -2.40. The Balaban J connectivity index is 1.31. The van der Waals surface area contributed by atoms with Gasteiger partial charge in [0.15, 0.2) is 0 Å². The first kappa shape index (κ1) is 19.9. The van der Waals surface area contributed by atoms with Crippen LogP contribution in [0.25, 0.3) is 10.9 Å². The zero-order valence-electron chi connectivity index (χ0n) is 16.9. The molecule has 0 aliphatic heterocycles. The highest BCUT2D eigenvalue weighted by Crippen LogP contribution is 2.23. The van der Waals surface area contributed by atoms with E-state index in [0.29, 0.717) is 17.2 Å². The molecule has 4 rings (SSSR count). The lowest BCUT2D eigenvalue weighted by Gasteiger charge is -2.30. The van der Waals surface area contributed by atoms with Crippen LogP contribution in [-0.2, 0) is 4.74 Å². The maximum absolute atomic E-state index is 12.6. The Morgan fingerprint density at radius 3 is 2.43 bits per heavy atom. The first-order valence-corrected chi connectivity index (χ1v) is 10.2. The first-order valence-electron chi connectivity index (χ1n) is 10.2. The van der Waals surface area contributed by atoms with Crippen molar-refractivity contribution in [2.75, 3.05) is 12.4 Å². The van der Waals surface area contributed by atoms with Gasteiger partial charge in [-0.25, -0.2) is 9.78 Å². The van der Waals surface area contributed by atoms with Crippen LogP contribution in [0, 0.1) is 0 Å². The number of anilines is 1. The summed E-state index contributed by atoms with van der Waals surface area (Å²) in [6, 6.07) is 19.3. The minimum atomic E-state index is -0.446. The normalized spacial score (nSPS) is 18.6. The van der Waals surface area contributed by atoms with E-state index < -0.39 is 5.97 Å². The van der Waals surface area contributed by atoms with Gasteiger partial charge in [0, 0.05) is 23.0 Å². The molecule has 1 saturated carbocycles. The predicted octanol–water partition coefficient (Wildman–Crippen LogP) is 4.17. The Hall–Kier alpha value is -3.41. The molecule has 1 heterocycles. The maximum atomic E-state index is 12.6. The number of nitrogens with zero attached hydrogens (tertiary/aromatic N) is 1. The molecule has 2 aromatic carbocycles. The summed E-state index contributed by atoms with van der Waals surface area (Å²) in [5.74, 6) is 0.285. The van der Waals surface area contributed by atoms with Crippen molar-refractivity contribution in [3.8, 4) is 0 Å². The van der Waals surface area contributed by atoms with Crippen LogP contribution in [0.15, 0.2) is 60.7 Å². The Kier molecular flexibility index (Phi) is 5.93. The van der Waals surface area contributed by atoms with Gasteiger partial charge in [-0.05, 0) is 62.1 Å². The maximum Gasteiger partial charge on any atom is 0.337 e. The molecule has 0 bridgehead atoms. The standard InChI is InChI=1S/C24H25N3O3/c1-30-24(29)18-7-4-6-17(15-18)23(28)26-20-12-10-19(11-13-20)25-22-14-9-16-5-2-3-8-21(16)27-22/h2-9,14-15,19-20H,10-13H2,1H3,(H,25,27)(H,26,28). The van der Waals surface area contributed by atoms with E-state index >= 15 is 0 Å². The quantitative estimate of drug-likeness (QED) is 0.625. The molecule has 1 fully saturated rings. The van der Waals surface area contributed by atoms with Crippen LogP contribution < -0.4 is 10.6 Å². The van der Waals surface area contributed by atoms with Crippen molar-refractivity contribution in [1.29, 1.82) is 0 Å². The van der Waals surface area contributed by atoms with Gasteiger partial charge in [0.1, 0.15) is 5.82 Å². The third kappa shape index (κ3) is 4.59. The van der Waals surface area contributed by atoms with E-state index in [1.807, 2.05) is 24.3 Å². The number of hydrogen-bond donors (Lipinski definition) is 2. The number of rotatable bonds is 5. The predicted molar refractivity (Wildman–Crippen MR) is 117 cm³/mol. The topological polar surface area (TPSA) is 80.3 Å². The van der Waals surface area contributed by atoms with Crippen molar-refractivity contribution >= 4 is 28.6 Å².